The van der Waals surface area contributed by atoms with Crippen molar-refractivity contribution < 1.29 is 37.2 Å². The predicted octanol–water partition coefficient (Wildman–Crippen LogP) is 12.6. The lowest BCUT2D eigenvalue weighted by Crippen LogP contribution is -2.37. The quantitative estimate of drug-likeness (QED) is 0.0267. The second-order valence-corrected chi connectivity index (χ2v) is 16.8. The summed E-state index contributed by atoms with van der Waals surface area (Å²) in [6.45, 7) is 5.24. The minimum absolute atomic E-state index is 0.107. The number of likely N-dealkylation sites (N-methyl/N-ethyl adjacent to an activating group) is 1. The molecule has 8 nitrogen and oxygen atoms in total. The van der Waals surface area contributed by atoms with Crippen molar-refractivity contribution in [2.75, 3.05) is 47.5 Å². The summed E-state index contributed by atoms with van der Waals surface area (Å²) in [6, 6.07) is 0. The van der Waals surface area contributed by atoms with E-state index in [9.17, 15) is 14.2 Å². The summed E-state index contributed by atoms with van der Waals surface area (Å²) in [7, 11) is 3.71. The van der Waals surface area contributed by atoms with Gasteiger partial charge in [-0.3, -0.25) is 9.59 Å². The van der Waals surface area contributed by atoms with E-state index in [0.717, 1.165) is 38.5 Å². The van der Waals surface area contributed by atoms with Crippen molar-refractivity contribution in [3.05, 3.63) is 0 Å². The van der Waals surface area contributed by atoms with Crippen molar-refractivity contribution in [1.82, 2.24) is 0 Å². The van der Waals surface area contributed by atoms with Crippen LogP contribution in [0.15, 0.2) is 0 Å². The normalized spacial score (nSPS) is 12.6. The molecule has 0 aliphatic carbocycles. The van der Waals surface area contributed by atoms with Gasteiger partial charge in [0.15, 0.2) is 12.7 Å². The third-order valence-electron chi connectivity index (χ3n) is 9.52. The van der Waals surface area contributed by atoms with Gasteiger partial charge in [-0.05, 0) is 12.8 Å². The van der Waals surface area contributed by atoms with Gasteiger partial charge >= 0.3 is 20.2 Å². The van der Waals surface area contributed by atoms with E-state index in [-0.39, 0.29) is 31.8 Å². The lowest BCUT2D eigenvalue weighted by molar-refractivity contribution is -0.870. The highest BCUT2D eigenvalue weighted by Crippen LogP contribution is 2.24. The number of hydrogen-bond donors (Lipinski definition) is 0. The number of nitrogens with zero attached hydrogens (tertiary/aromatic N) is 1. The summed E-state index contributed by atoms with van der Waals surface area (Å²) in [5, 5.41) is 0. The molecule has 0 N–H and O–H groups in total. The Hall–Kier alpha value is -1.08. The molecule has 302 valence electrons. The summed E-state index contributed by atoms with van der Waals surface area (Å²) < 4.78 is 34.7. The van der Waals surface area contributed by atoms with Gasteiger partial charge in [-0.15, -0.1) is 9.05 Å². The Balaban J connectivity index is 4.21. The van der Waals surface area contributed by atoms with Crippen LogP contribution in [0.2, 0.25) is 0 Å². The van der Waals surface area contributed by atoms with Crippen LogP contribution in [0, 0.1) is 0 Å². The van der Waals surface area contributed by atoms with Gasteiger partial charge < -0.3 is 14.0 Å². The SMILES string of the molecule is CCCCCCCCCCCCCCCCCC(=O)OCC(CO[P+](=O)OCC[N+](C)(C)C)OC(=O)CCCCCCCCCCCCCCC. The third kappa shape index (κ3) is 40.0. The van der Waals surface area contributed by atoms with E-state index in [4.69, 9.17) is 18.5 Å². The van der Waals surface area contributed by atoms with Crippen LogP contribution in [0.25, 0.3) is 0 Å². The molecule has 51 heavy (non-hydrogen) atoms. The Bertz CT molecular complexity index is 805. The zero-order chi connectivity index (χ0) is 37.7. The number of esters is 2. The average Bonchev–Trinajstić information content (AvgIpc) is 3.09. The smallest absolute Gasteiger partial charge is 0.462 e. The fourth-order valence-electron chi connectivity index (χ4n) is 6.12. The first-order valence-electron chi connectivity index (χ1n) is 21.6. The molecule has 0 fully saturated rings. The Labute approximate surface area is 316 Å². The molecule has 0 bridgehead atoms. The molecular weight excluding hydrogens is 661 g/mol. The maximum atomic E-state index is 12.6. The van der Waals surface area contributed by atoms with E-state index < -0.39 is 14.4 Å². The second kappa shape index (κ2) is 37.2. The van der Waals surface area contributed by atoms with Crippen molar-refractivity contribution in [2.45, 2.75) is 213 Å². The Morgan fingerprint density at radius 3 is 1.22 bits per heavy atom. The first kappa shape index (κ1) is 49.9. The number of ether oxygens (including phenoxy) is 2. The molecule has 0 aliphatic heterocycles. The number of carbonyl (C=O) groups is 2. The van der Waals surface area contributed by atoms with Crippen LogP contribution in [0.5, 0.6) is 0 Å². The van der Waals surface area contributed by atoms with Gasteiger partial charge in [0.05, 0.1) is 21.1 Å². The maximum Gasteiger partial charge on any atom is 0.697 e. The van der Waals surface area contributed by atoms with Gasteiger partial charge in [-0.25, -0.2) is 0 Å². The number of rotatable bonds is 40. The number of unbranched alkanes of at least 4 members (excludes halogenated alkanes) is 26. The molecule has 0 aromatic carbocycles. The molecule has 0 aliphatic rings. The van der Waals surface area contributed by atoms with Gasteiger partial charge in [0.1, 0.15) is 19.8 Å². The summed E-state index contributed by atoms with van der Waals surface area (Å²) in [5.74, 6) is -0.642. The molecule has 0 spiro atoms. The third-order valence-corrected chi connectivity index (χ3v) is 10.3. The second-order valence-electron chi connectivity index (χ2n) is 15.9. The van der Waals surface area contributed by atoms with Crippen molar-refractivity contribution in [3.8, 4) is 0 Å². The van der Waals surface area contributed by atoms with E-state index in [1.165, 1.54) is 141 Å². The van der Waals surface area contributed by atoms with Crippen molar-refractivity contribution in [1.29, 1.82) is 0 Å². The Morgan fingerprint density at radius 2 is 0.843 bits per heavy atom. The highest BCUT2D eigenvalue weighted by molar-refractivity contribution is 7.33. The fraction of sp³-hybridized carbons (Fsp3) is 0.952. The summed E-state index contributed by atoms with van der Waals surface area (Å²) in [4.78, 5) is 25.1. The van der Waals surface area contributed by atoms with E-state index in [0.29, 0.717) is 23.9 Å². The molecule has 2 unspecified atom stereocenters. The molecule has 0 saturated heterocycles. The Kier molecular flexibility index (Phi) is 36.5. The summed E-state index contributed by atoms with van der Waals surface area (Å²) in [5.41, 5.74) is 0. The minimum atomic E-state index is -2.36. The van der Waals surface area contributed by atoms with Crippen molar-refractivity contribution in [2.24, 2.45) is 0 Å². The van der Waals surface area contributed by atoms with E-state index in [1.807, 2.05) is 21.1 Å². The minimum Gasteiger partial charge on any atom is -0.462 e. The van der Waals surface area contributed by atoms with Gasteiger partial charge in [0, 0.05) is 17.4 Å². The zero-order valence-electron chi connectivity index (χ0n) is 34.4. The predicted molar refractivity (Wildman–Crippen MR) is 213 cm³/mol. The molecule has 0 radical (unpaired) electrons. The Morgan fingerprint density at radius 1 is 0.490 bits per heavy atom. The number of quaternary nitrogens is 1. The topological polar surface area (TPSA) is 88.1 Å². The van der Waals surface area contributed by atoms with Gasteiger partial charge in [0.2, 0.25) is 0 Å². The van der Waals surface area contributed by atoms with Gasteiger partial charge in [-0.1, -0.05) is 181 Å². The summed E-state index contributed by atoms with van der Waals surface area (Å²) >= 11 is 0. The average molecular weight is 746 g/mol. The first-order valence-corrected chi connectivity index (χ1v) is 22.7. The molecule has 9 heteroatoms. The van der Waals surface area contributed by atoms with E-state index >= 15 is 0 Å². The highest BCUT2D eigenvalue weighted by atomic mass is 31.1. The van der Waals surface area contributed by atoms with Crippen LogP contribution in [-0.2, 0) is 32.7 Å². The van der Waals surface area contributed by atoms with Crippen molar-refractivity contribution in [3.63, 3.8) is 0 Å². The van der Waals surface area contributed by atoms with Crippen LogP contribution >= 0.6 is 8.25 Å². The van der Waals surface area contributed by atoms with Crippen LogP contribution < -0.4 is 0 Å². The molecule has 0 amide bonds. The molecule has 0 saturated carbocycles. The van der Waals surface area contributed by atoms with Crippen LogP contribution in [0.3, 0.4) is 0 Å². The molecule has 0 heterocycles. The van der Waals surface area contributed by atoms with Gasteiger partial charge in [0.25, 0.3) is 0 Å². The monoisotopic (exact) mass is 746 g/mol. The van der Waals surface area contributed by atoms with Crippen molar-refractivity contribution >= 4 is 20.2 Å². The van der Waals surface area contributed by atoms with Crippen LogP contribution in [0.1, 0.15) is 206 Å². The molecule has 2 atom stereocenters. The number of hydrogen-bond acceptors (Lipinski definition) is 7. The van der Waals surface area contributed by atoms with Crippen LogP contribution in [-0.4, -0.2) is 70.0 Å². The lowest BCUT2D eigenvalue weighted by atomic mass is 10.0. The highest BCUT2D eigenvalue weighted by Gasteiger charge is 2.27. The first-order chi connectivity index (χ1) is 24.7. The fourth-order valence-corrected chi connectivity index (χ4v) is 6.71. The van der Waals surface area contributed by atoms with E-state index in [2.05, 4.69) is 13.8 Å². The molecule has 0 aromatic heterocycles. The van der Waals surface area contributed by atoms with Crippen LogP contribution in [0.4, 0.5) is 0 Å². The molecule has 0 rings (SSSR count). The van der Waals surface area contributed by atoms with E-state index in [1.54, 1.807) is 0 Å². The molecular formula is C42H84NO7P+2. The maximum absolute atomic E-state index is 12.6. The van der Waals surface area contributed by atoms with Gasteiger partial charge in [-0.2, -0.15) is 0 Å². The number of carbonyl (C=O) groups excluding carboxylic acids is 2. The molecule has 0 aromatic rings. The summed E-state index contributed by atoms with van der Waals surface area (Å²) in [6.07, 6.45) is 35.1. The lowest BCUT2D eigenvalue weighted by Gasteiger charge is -2.21. The zero-order valence-corrected chi connectivity index (χ0v) is 35.3. The largest absolute Gasteiger partial charge is 0.697 e. The standard InChI is InChI=1S/C42H84NO7P/c1-6-8-10-12-14-16-18-20-21-23-24-26-28-30-32-34-41(44)47-38-40(39-49-51(46)48-37-36-43(3,4)5)50-42(45)35-33-31-29-27-25-22-19-17-15-13-11-9-7-2/h40H,6-39H2,1-5H3/q+2.